The van der Waals surface area contributed by atoms with Crippen LogP contribution in [0.25, 0.3) is 0 Å². The molecule has 0 bridgehead atoms. The van der Waals surface area contributed by atoms with E-state index in [1.54, 1.807) is 23.2 Å². The number of amides is 1. The molecule has 0 aliphatic carbocycles. The lowest BCUT2D eigenvalue weighted by molar-refractivity contribution is -0.155. The molecule has 1 aromatic rings. The molecule has 1 fully saturated rings. The van der Waals surface area contributed by atoms with E-state index in [2.05, 4.69) is 0 Å². The SMILES string of the molecule is CCC[C@@]1(C(=O)O)CCCN(C(=O)CCn2ccccc2=O)C1. The van der Waals surface area contributed by atoms with Gasteiger partial charge in [-0.3, -0.25) is 14.4 Å². The van der Waals surface area contributed by atoms with Gasteiger partial charge in [0, 0.05) is 38.3 Å². The van der Waals surface area contributed by atoms with Gasteiger partial charge < -0.3 is 14.6 Å². The largest absolute Gasteiger partial charge is 0.481 e. The highest BCUT2D eigenvalue weighted by molar-refractivity contribution is 5.79. The maximum atomic E-state index is 12.4. The van der Waals surface area contributed by atoms with Gasteiger partial charge in [-0.25, -0.2) is 0 Å². The monoisotopic (exact) mass is 320 g/mol. The molecule has 1 aliphatic rings. The van der Waals surface area contributed by atoms with Gasteiger partial charge in [0.05, 0.1) is 5.41 Å². The fraction of sp³-hybridized carbons (Fsp3) is 0.588. The minimum atomic E-state index is -0.813. The van der Waals surface area contributed by atoms with E-state index in [0.717, 1.165) is 6.42 Å². The van der Waals surface area contributed by atoms with Crippen LogP contribution in [0, 0.1) is 5.41 Å². The lowest BCUT2D eigenvalue weighted by atomic mass is 9.76. The molecular weight excluding hydrogens is 296 g/mol. The molecule has 0 saturated carbocycles. The molecule has 1 aromatic heterocycles. The smallest absolute Gasteiger partial charge is 0.311 e. The first kappa shape index (κ1) is 17.2. The minimum Gasteiger partial charge on any atom is -0.481 e. The molecule has 0 spiro atoms. The highest BCUT2D eigenvalue weighted by Gasteiger charge is 2.42. The third kappa shape index (κ3) is 4.00. The number of likely N-dealkylation sites (tertiary alicyclic amines) is 1. The van der Waals surface area contributed by atoms with Crippen molar-refractivity contribution in [3.05, 3.63) is 34.7 Å². The van der Waals surface area contributed by atoms with Crippen molar-refractivity contribution in [2.45, 2.75) is 45.6 Å². The summed E-state index contributed by atoms with van der Waals surface area (Å²) in [7, 11) is 0. The minimum absolute atomic E-state index is 0.0813. The summed E-state index contributed by atoms with van der Waals surface area (Å²) in [5.74, 6) is -0.890. The number of carbonyl (C=O) groups excluding carboxylic acids is 1. The van der Waals surface area contributed by atoms with Crippen molar-refractivity contribution in [2.75, 3.05) is 13.1 Å². The molecule has 1 amide bonds. The summed E-state index contributed by atoms with van der Waals surface area (Å²) in [6.07, 6.45) is 4.58. The second-order valence-electron chi connectivity index (χ2n) is 6.24. The van der Waals surface area contributed by atoms with Gasteiger partial charge in [-0.1, -0.05) is 19.4 Å². The standard InChI is InChI=1S/C17H24N2O4/c1-2-8-17(16(22)23)9-5-11-19(13-17)15(21)7-12-18-10-4-3-6-14(18)20/h3-4,6,10H,2,5,7-9,11-13H2,1H3,(H,22,23)/t17-/m1/s1. The van der Waals surface area contributed by atoms with Crippen LogP contribution < -0.4 is 5.56 Å². The fourth-order valence-electron chi connectivity index (χ4n) is 3.33. The number of nitrogens with zero attached hydrogens (tertiary/aromatic N) is 2. The van der Waals surface area contributed by atoms with Gasteiger partial charge in [-0.2, -0.15) is 0 Å². The van der Waals surface area contributed by atoms with Gasteiger partial charge >= 0.3 is 5.97 Å². The Morgan fingerprint density at radius 3 is 2.78 bits per heavy atom. The van der Waals surface area contributed by atoms with E-state index in [4.69, 9.17) is 0 Å². The number of piperidine rings is 1. The van der Waals surface area contributed by atoms with Gasteiger partial charge in [0.15, 0.2) is 0 Å². The molecule has 1 aliphatic heterocycles. The summed E-state index contributed by atoms with van der Waals surface area (Å²) in [6.45, 7) is 3.16. The number of hydrogen-bond donors (Lipinski definition) is 1. The normalized spacial score (nSPS) is 21.2. The van der Waals surface area contributed by atoms with E-state index in [9.17, 15) is 19.5 Å². The van der Waals surface area contributed by atoms with E-state index in [-0.39, 0.29) is 24.4 Å². The van der Waals surface area contributed by atoms with Crippen LogP contribution >= 0.6 is 0 Å². The molecule has 126 valence electrons. The summed E-state index contributed by atoms with van der Waals surface area (Å²) in [4.78, 5) is 37.4. The quantitative estimate of drug-likeness (QED) is 0.866. The number of aliphatic carboxylic acids is 1. The molecule has 1 atom stereocenters. The highest BCUT2D eigenvalue weighted by Crippen LogP contribution is 2.35. The maximum Gasteiger partial charge on any atom is 0.311 e. The van der Waals surface area contributed by atoms with Crippen molar-refractivity contribution < 1.29 is 14.7 Å². The molecule has 1 saturated heterocycles. The Balaban J connectivity index is 2.00. The molecule has 6 heteroatoms. The Bertz CT molecular complexity index is 621. The van der Waals surface area contributed by atoms with E-state index >= 15 is 0 Å². The Hall–Kier alpha value is -2.11. The lowest BCUT2D eigenvalue weighted by Gasteiger charge is -2.40. The van der Waals surface area contributed by atoms with Crippen molar-refractivity contribution in [3.63, 3.8) is 0 Å². The molecule has 23 heavy (non-hydrogen) atoms. The van der Waals surface area contributed by atoms with E-state index in [1.807, 2.05) is 6.92 Å². The van der Waals surface area contributed by atoms with Crippen LogP contribution in [0.15, 0.2) is 29.2 Å². The number of carboxylic acid groups (broad SMARTS) is 1. The maximum absolute atomic E-state index is 12.4. The molecule has 6 nitrogen and oxygen atoms in total. The first-order chi connectivity index (χ1) is 11.0. The van der Waals surface area contributed by atoms with E-state index in [0.29, 0.717) is 32.4 Å². The number of rotatable bonds is 6. The fourth-order valence-corrected chi connectivity index (χ4v) is 3.33. The number of carbonyl (C=O) groups is 2. The molecule has 2 rings (SSSR count). The molecule has 0 unspecified atom stereocenters. The Labute approximate surface area is 135 Å². The number of carboxylic acids is 1. The molecule has 0 radical (unpaired) electrons. The zero-order valence-corrected chi connectivity index (χ0v) is 13.5. The van der Waals surface area contributed by atoms with Crippen molar-refractivity contribution in [2.24, 2.45) is 5.41 Å². The predicted molar refractivity (Wildman–Crippen MR) is 86.1 cm³/mol. The predicted octanol–water partition coefficient (Wildman–Crippen LogP) is 1.73. The van der Waals surface area contributed by atoms with Gasteiger partial charge in [0.1, 0.15) is 0 Å². The molecule has 0 aromatic carbocycles. The van der Waals surface area contributed by atoms with Crippen LogP contribution in [0.3, 0.4) is 0 Å². The average Bonchev–Trinajstić information content (AvgIpc) is 2.54. The third-order valence-corrected chi connectivity index (χ3v) is 4.58. The summed E-state index contributed by atoms with van der Waals surface area (Å²) in [5.41, 5.74) is -0.948. The van der Waals surface area contributed by atoms with Crippen molar-refractivity contribution in [1.82, 2.24) is 9.47 Å². The first-order valence-electron chi connectivity index (χ1n) is 8.15. The van der Waals surface area contributed by atoms with Crippen LogP contribution in [0.4, 0.5) is 0 Å². The number of aromatic nitrogens is 1. The number of pyridine rings is 1. The lowest BCUT2D eigenvalue weighted by Crippen LogP contribution is -2.50. The van der Waals surface area contributed by atoms with Crippen LogP contribution in [0.2, 0.25) is 0 Å². The zero-order chi connectivity index (χ0) is 16.9. The summed E-state index contributed by atoms with van der Waals surface area (Å²) < 4.78 is 1.50. The topological polar surface area (TPSA) is 79.6 Å². The van der Waals surface area contributed by atoms with Crippen molar-refractivity contribution in [3.8, 4) is 0 Å². The molecule has 1 N–H and O–H groups in total. The van der Waals surface area contributed by atoms with E-state index in [1.165, 1.54) is 10.6 Å². The second kappa shape index (κ2) is 7.44. The third-order valence-electron chi connectivity index (χ3n) is 4.58. The molecular formula is C17H24N2O4. The summed E-state index contributed by atoms with van der Waals surface area (Å²) in [6, 6.07) is 4.88. The van der Waals surface area contributed by atoms with Gasteiger partial charge in [-0.05, 0) is 25.3 Å². The summed E-state index contributed by atoms with van der Waals surface area (Å²) in [5, 5.41) is 9.58. The Morgan fingerprint density at radius 2 is 2.13 bits per heavy atom. The zero-order valence-electron chi connectivity index (χ0n) is 13.5. The second-order valence-corrected chi connectivity index (χ2v) is 6.24. The van der Waals surface area contributed by atoms with E-state index < -0.39 is 11.4 Å². The number of hydrogen-bond acceptors (Lipinski definition) is 3. The molecule has 2 heterocycles. The van der Waals surface area contributed by atoms with Gasteiger partial charge in [-0.15, -0.1) is 0 Å². The first-order valence-corrected chi connectivity index (χ1v) is 8.15. The van der Waals surface area contributed by atoms with Crippen molar-refractivity contribution >= 4 is 11.9 Å². The van der Waals surface area contributed by atoms with Crippen LogP contribution in [0.1, 0.15) is 39.0 Å². The van der Waals surface area contributed by atoms with Crippen LogP contribution in [-0.2, 0) is 16.1 Å². The van der Waals surface area contributed by atoms with Gasteiger partial charge in [0.25, 0.3) is 5.56 Å². The Kier molecular flexibility index (Phi) is 5.58. The average molecular weight is 320 g/mol. The summed E-state index contributed by atoms with van der Waals surface area (Å²) >= 11 is 0. The van der Waals surface area contributed by atoms with Crippen molar-refractivity contribution in [1.29, 1.82) is 0 Å². The Morgan fingerprint density at radius 1 is 1.35 bits per heavy atom. The number of aryl methyl sites for hydroxylation is 1. The van der Waals surface area contributed by atoms with Gasteiger partial charge in [0.2, 0.25) is 5.91 Å². The highest BCUT2D eigenvalue weighted by atomic mass is 16.4. The van der Waals surface area contributed by atoms with Crippen LogP contribution in [-0.4, -0.2) is 39.5 Å². The van der Waals surface area contributed by atoms with Crippen LogP contribution in [0.5, 0.6) is 0 Å².